The summed E-state index contributed by atoms with van der Waals surface area (Å²) in [5.41, 5.74) is 1.97. The summed E-state index contributed by atoms with van der Waals surface area (Å²) in [6, 6.07) is 4.47. The van der Waals surface area contributed by atoms with Crippen LogP contribution in [-0.4, -0.2) is 60.7 Å². The second-order valence-corrected chi connectivity index (χ2v) is 8.60. The standard InChI is InChI=1S/C21H24N4O4/c26-17-4-3-16(18(27)23-17)25-19(28)14-2-1-13(11-15(14)20(25)29)24-10-7-21(12-24)5-8-22-9-6-21/h1-2,11,16,22H,3-10,12H2,(H,23,26,27). The van der Waals surface area contributed by atoms with Gasteiger partial charge in [0.05, 0.1) is 11.1 Å². The smallest absolute Gasteiger partial charge is 0.262 e. The van der Waals surface area contributed by atoms with Crippen molar-refractivity contribution >= 4 is 29.3 Å². The zero-order chi connectivity index (χ0) is 20.2. The lowest BCUT2D eigenvalue weighted by Crippen LogP contribution is -2.54. The monoisotopic (exact) mass is 396 g/mol. The fourth-order valence-electron chi connectivity index (χ4n) is 5.18. The Morgan fingerprint density at radius 2 is 1.72 bits per heavy atom. The van der Waals surface area contributed by atoms with E-state index in [1.165, 1.54) is 0 Å². The number of anilines is 1. The molecule has 1 atom stereocenters. The first kappa shape index (κ1) is 18.3. The molecule has 0 saturated carbocycles. The number of carbonyl (C=O) groups excluding carboxylic acids is 4. The number of amides is 4. The van der Waals surface area contributed by atoms with E-state index in [1.807, 2.05) is 6.07 Å². The van der Waals surface area contributed by atoms with E-state index in [0.29, 0.717) is 16.5 Å². The normalized spacial score (nSPS) is 26.3. The van der Waals surface area contributed by atoms with Crippen LogP contribution in [0.15, 0.2) is 18.2 Å². The van der Waals surface area contributed by atoms with E-state index in [9.17, 15) is 19.2 Å². The number of hydrogen-bond acceptors (Lipinski definition) is 6. The Hall–Kier alpha value is -2.74. The molecule has 0 radical (unpaired) electrons. The number of nitrogens with one attached hydrogen (secondary N) is 2. The molecular formula is C21H24N4O4. The van der Waals surface area contributed by atoms with Crippen LogP contribution in [0.4, 0.5) is 5.69 Å². The summed E-state index contributed by atoms with van der Waals surface area (Å²) in [6.07, 6.45) is 3.76. The van der Waals surface area contributed by atoms with Gasteiger partial charge in [-0.05, 0) is 62.4 Å². The van der Waals surface area contributed by atoms with Crippen molar-refractivity contribution in [2.24, 2.45) is 5.41 Å². The molecule has 3 fully saturated rings. The van der Waals surface area contributed by atoms with Gasteiger partial charge >= 0.3 is 0 Å². The van der Waals surface area contributed by atoms with Crippen molar-refractivity contribution < 1.29 is 19.2 Å². The third-order valence-electron chi connectivity index (χ3n) is 6.89. The molecule has 29 heavy (non-hydrogen) atoms. The maximum Gasteiger partial charge on any atom is 0.262 e. The number of fused-ring (bicyclic) bond motifs is 1. The first-order valence-corrected chi connectivity index (χ1v) is 10.3. The molecule has 1 aromatic carbocycles. The summed E-state index contributed by atoms with van der Waals surface area (Å²) in [7, 11) is 0. The van der Waals surface area contributed by atoms with Crippen molar-refractivity contribution in [2.75, 3.05) is 31.1 Å². The van der Waals surface area contributed by atoms with Gasteiger partial charge in [-0.1, -0.05) is 0 Å². The van der Waals surface area contributed by atoms with Gasteiger partial charge in [-0.3, -0.25) is 29.4 Å². The van der Waals surface area contributed by atoms with Crippen molar-refractivity contribution in [1.82, 2.24) is 15.5 Å². The Labute approximate surface area is 168 Å². The SMILES string of the molecule is O=C1CCC(N2C(=O)c3ccc(N4CCC5(CCNCC5)C4)cc3C2=O)C(=O)N1. The van der Waals surface area contributed by atoms with Crippen molar-refractivity contribution in [3.05, 3.63) is 29.3 Å². The highest BCUT2D eigenvalue weighted by Crippen LogP contribution is 2.41. The summed E-state index contributed by atoms with van der Waals surface area (Å²) < 4.78 is 0. The summed E-state index contributed by atoms with van der Waals surface area (Å²) in [5.74, 6) is -1.85. The number of hydrogen-bond donors (Lipinski definition) is 2. The quantitative estimate of drug-likeness (QED) is 0.713. The second-order valence-electron chi connectivity index (χ2n) is 8.60. The molecular weight excluding hydrogens is 372 g/mol. The third-order valence-corrected chi connectivity index (χ3v) is 6.89. The fraction of sp³-hybridized carbons (Fsp3) is 0.524. The van der Waals surface area contributed by atoms with E-state index in [0.717, 1.165) is 56.0 Å². The Kier molecular flexibility index (Phi) is 4.20. The second kappa shape index (κ2) is 6.66. The van der Waals surface area contributed by atoms with Crippen molar-refractivity contribution in [3.63, 3.8) is 0 Å². The molecule has 0 bridgehead atoms. The third kappa shape index (κ3) is 2.93. The van der Waals surface area contributed by atoms with Gasteiger partial charge in [0.15, 0.2) is 0 Å². The highest BCUT2D eigenvalue weighted by Gasteiger charge is 2.45. The van der Waals surface area contributed by atoms with Crippen LogP contribution in [-0.2, 0) is 9.59 Å². The summed E-state index contributed by atoms with van der Waals surface area (Å²) in [6.45, 7) is 4.00. The lowest BCUT2D eigenvalue weighted by Gasteiger charge is -2.34. The number of nitrogens with zero attached hydrogens (tertiary/aromatic N) is 2. The molecule has 1 spiro atoms. The molecule has 4 aliphatic heterocycles. The minimum Gasteiger partial charge on any atom is -0.371 e. The lowest BCUT2D eigenvalue weighted by atomic mass is 9.78. The maximum atomic E-state index is 13.0. The molecule has 8 heteroatoms. The zero-order valence-corrected chi connectivity index (χ0v) is 16.2. The Balaban J connectivity index is 1.39. The van der Waals surface area contributed by atoms with Crippen LogP contribution >= 0.6 is 0 Å². The zero-order valence-electron chi connectivity index (χ0n) is 16.2. The predicted octanol–water partition coefficient (Wildman–Crippen LogP) is 0.668. The Morgan fingerprint density at radius 3 is 2.48 bits per heavy atom. The molecule has 0 aromatic heterocycles. The molecule has 8 nitrogen and oxygen atoms in total. The number of carbonyl (C=O) groups is 4. The predicted molar refractivity (Wildman–Crippen MR) is 104 cm³/mol. The first-order valence-electron chi connectivity index (χ1n) is 10.3. The topological polar surface area (TPSA) is 98.8 Å². The van der Waals surface area contributed by atoms with Crippen molar-refractivity contribution in [1.29, 1.82) is 0 Å². The van der Waals surface area contributed by atoms with Crippen LogP contribution in [0.2, 0.25) is 0 Å². The van der Waals surface area contributed by atoms with Crippen molar-refractivity contribution in [3.8, 4) is 0 Å². The molecule has 4 aliphatic rings. The van der Waals surface area contributed by atoms with Gasteiger partial charge < -0.3 is 10.2 Å². The van der Waals surface area contributed by atoms with E-state index >= 15 is 0 Å². The summed E-state index contributed by atoms with van der Waals surface area (Å²) in [5, 5.41) is 5.64. The highest BCUT2D eigenvalue weighted by molar-refractivity contribution is 6.23. The van der Waals surface area contributed by atoms with Gasteiger partial charge in [0.1, 0.15) is 6.04 Å². The molecule has 4 amide bonds. The number of rotatable bonds is 2. The maximum absolute atomic E-state index is 13.0. The molecule has 1 unspecified atom stereocenters. The van der Waals surface area contributed by atoms with Crippen molar-refractivity contribution in [2.45, 2.75) is 38.1 Å². The molecule has 2 N–H and O–H groups in total. The van der Waals surface area contributed by atoms with Crippen LogP contribution in [0.3, 0.4) is 0 Å². The highest BCUT2D eigenvalue weighted by atomic mass is 16.2. The Bertz CT molecular complexity index is 921. The van der Waals surface area contributed by atoms with Gasteiger partial charge in [0, 0.05) is 25.2 Å². The van der Waals surface area contributed by atoms with E-state index in [-0.39, 0.29) is 18.7 Å². The van der Waals surface area contributed by atoms with Crippen LogP contribution in [0, 0.1) is 5.41 Å². The summed E-state index contributed by atoms with van der Waals surface area (Å²) >= 11 is 0. The van der Waals surface area contributed by atoms with Gasteiger partial charge in [-0.15, -0.1) is 0 Å². The molecule has 3 saturated heterocycles. The van der Waals surface area contributed by atoms with Gasteiger partial charge in [-0.2, -0.15) is 0 Å². The first-order chi connectivity index (χ1) is 14.0. The van der Waals surface area contributed by atoms with Gasteiger partial charge in [-0.25, -0.2) is 0 Å². The fourth-order valence-corrected chi connectivity index (χ4v) is 5.18. The lowest BCUT2D eigenvalue weighted by molar-refractivity contribution is -0.136. The number of imide groups is 2. The van der Waals surface area contributed by atoms with Gasteiger partial charge in [0.2, 0.25) is 11.8 Å². The average Bonchev–Trinajstić information content (AvgIpc) is 3.22. The average molecular weight is 396 g/mol. The van der Waals surface area contributed by atoms with Crippen LogP contribution in [0.1, 0.15) is 52.8 Å². The van der Waals surface area contributed by atoms with E-state index < -0.39 is 23.8 Å². The minimum absolute atomic E-state index is 0.125. The minimum atomic E-state index is -0.923. The number of piperidine rings is 2. The van der Waals surface area contributed by atoms with Crippen LogP contribution in [0.5, 0.6) is 0 Å². The van der Waals surface area contributed by atoms with Crippen LogP contribution < -0.4 is 15.5 Å². The van der Waals surface area contributed by atoms with Gasteiger partial charge in [0.25, 0.3) is 11.8 Å². The molecule has 1 aromatic rings. The van der Waals surface area contributed by atoms with E-state index in [1.54, 1.807) is 12.1 Å². The molecule has 0 aliphatic carbocycles. The van der Waals surface area contributed by atoms with E-state index in [4.69, 9.17) is 0 Å². The van der Waals surface area contributed by atoms with Crippen LogP contribution in [0.25, 0.3) is 0 Å². The largest absolute Gasteiger partial charge is 0.371 e. The summed E-state index contributed by atoms with van der Waals surface area (Å²) in [4.78, 5) is 52.8. The van der Waals surface area contributed by atoms with E-state index in [2.05, 4.69) is 15.5 Å². The molecule has 5 rings (SSSR count). The Morgan fingerprint density at radius 1 is 0.966 bits per heavy atom. The number of benzene rings is 1. The molecule has 4 heterocycles. The molecule has 152 valence electrons.